The molecule has 2 N–H and O–H groups in total. The number of nitrogens with one attached hydrogen (secondary N) is 2. The minimum absolute atomic E-state index is 0.130. The SMILES string of the molecule is CC(=O)c1c(C)[nH]c(C(=O)OCC(=O)N[C@H](c2ccccc2)c2cccs2)c1C. The molecule has 2 heterocycles. The first-order valence-corrected chi connectivity index (χ1v) is 10.0. The van der Waals surface area contributed by atoms with Crippen molar-refractivity contribution >= 4 is 29.0 Å². The monoisotopic (exact) mass is 410 g/mol. The van der Waals surface area contributed by atoms with Crippen LogP contribution in [0.2, 0.25) is 0 Å². The Bertz CT molecular complexity index is 1020. The second kappa shape index (κ2) is 8.87. The molecule has 1 amide bonds. The van der Waals surface area contributed by atoms with E-state index in [1.54, 1.807) is 13.8 Å². The van der Waals surface area contributed by atoms with E-state index in [2.05, 4.69) is 10.3 Å². The largest absolute Gasteiger partial charge is 0.451 e. The molecule has 2 aromatic heterocycles. The lowest BCUT2D eigenvalue weighted by atomic mass is 10.1. The third-order valence-corrected chi connectivity index (χ3v) is 5.53. The number of aromatic nitrogens is 1. The fourth-order valence-electron chi connectivity index (χ4n) is 3.31. The van der Waals surface area contributed by atoms with Crippen molar-refractivity contribution in [1.82, 2.24) is 10.3 Å². The van der Waals surface area contributed by atoms with Gasteiger partial charge in [-0.1, -0.05) is 36.4 Å². The molecule has 29 heavy (non-hydrogen) atoms. The van der Waals surface area contributed by atoms with E-state index in [1.807, 2.05) is 47.8 Å². The molecule has 0 unspecified atom stereocenters. The molecule has 0 saturated heterocycles. The lowest BCUT2D eigenvalue weighted by Gasteiger charge is -2.18. The molecule has 0 aliphatic heterocycles. The highest BCUT2D eigenvalue weighted by atomic mass is 32.1. The number of H-pyrrole nitrogens is 1. The van der Waals surface area contributed by atoms with Crippen molar-refractivity contribution in [1.29, 1.82) is 0 Å². The Balaban J connectivity index is 1.68. The molecular formula is C22H22N2O4S. The molecule has 3 rings (SSSR count). The first-order valence-electron chi connectivity index (χ1n) is 9.13. The first-order chi connectivity index (χ1) is 13.9. The molecule has 0 radical (unpaired) electrons. The van der Waals surface area contributed by atoms with Gasteiger partial charge in [-0.15, -0.1) is 11.3 Å². The van der Waals surface area contributed by atoms with E-state index in [1.165, 1.54) is 18.3 Å². The molecule has 0 fully saturated rings. The van der Waals surface area contributed by atoms with Gasteiger partial charge in [-0.05, 0) is 43.3 Å². The molecular weight excluding hydrogens is 388 g/mol. The minimum Gasteiger partial charge on any atom is -0.451 e. The van der Waals surface area contributed by atoms with Gasteiger partial charge >= 0.3 is 5.97 Å². The van der Waals surface area contributed by atoms with E-state index < -0.39 is 18.5 Å². The van der Waals surface area contributed by atoms with Crippen LogP contribution in [0.4, 0.5) is 0 Å². The summed E-state index contributed by atoms with van der Waals surface area (Å²) < 4.78 is 5.18. The van der Waals surface area contributed by atoms with Crippen molar-refractivity contribution < 1.29 is 19.1 Å². The third kappa shape index (κ3) is 4.63. The molecule has 1 atom stereocenters. The number of carbonyl (C=O) groups is 3. The smallest absolute Gasteiger partial charge is 0.355 e. The van der Waals surface area contributed by atoms with Gasteiger partial charge in [0.05, 0.1) is 6.04 Å². The fourth-order valence-corrected chi connectivity index (χ4v) is 4.11. The van der Waals surface area contributed by atoms with E-state index in [9.17, 15) is 14.4 Å². The summed E-state index contributed by atoms with van der Waals surface area (Å²) in [4.78, 5) is 40.5. The average molecular weight is 410 g/mol. The normalized spacial score (nSPS) is 11.7. The predicted molar refractivity (Wildman–Crippen MR) is 111 cm³/mol. The number of carbonyl (C=O) groups excluding carboxylic acids is 3. The third-order valence-electron chi connectivity index (χ3n) is 4.59. The Morgan fingerprint density at radius 3 is 2.41 bits per heavy atom. The van der Waals surface area contributed by atoms with Gasteiger partial charge in [0.25, 0.3) is 5.91 Å². The Labute approximate surface area is 172 Å². The second-order valence-electron chi connectivity index (χ2n) is 6.68. The number of ether oxygens (including phenoxy) is 1. The summed E-state index contributed by atoms with van der Waals surface area (Å²) in [5.74, 6) is -1.20. The number of benzene rings is 1. The molecule has 3 aromatic rings. The van der Waals surface area contributed by atoms with Crippen molar-refractivity contribution in [3.8, 4) is 0 Å². The maximum Gasteiger partial charge on any atom is 0.355 e. The van der Waals surface area contributed by atoms with Crippen LogP contribution in [-0.4, -0.2) is 29.3 Å². The summed E-state index contributed by atoms with van der Waals surface area (Å²) in [6.45, 7) is 4.43. The first kappa shape index (κ1) is 20.5. The lowest BCUT2D eigenvalue weighted by molar-refractivity contribution is -0.124. The zero-order valence-corrected chi connectivity index (χ0v) is 17.3. The molecule has 0 bridgehead atoms. The van der Waals surface area contributed by atoms with E-state index in [-0.39, 0.29) is 17.5 Å². The van der Waals surface area contributed by atoms with Gasteiger partial charge in [-0.2, -0.15) is 0 Å². The topological polar surface area (TPSA) is 88.3 Å². The van der Waals surface area contributed by atoms with E-state index >= 15 is 0 Å². The van der Waals surface area contributed by atoms with Gasteiger partial charge in [0.1, 0.15) is 5.69 Å². The predicted octanol–water partition coefficient (Wildman–Crippen LogP) is 3.96. The van der Waals surface area contributed by atoms with Gasteiger partial charge < -0.3 is 15.0 Å². The van der Waals surface area contributed by atoms with Crippen LogP contribution in [-0.2, 0) is 9.53 Å². The highest BCUT2D eigenvalue weighted by Gasteiger charge is 2.23. The number of aryl methyl sites for hydroxylation is 1. The summed E-state index contributed by atoms with van der Waals surface area (Å²) in [7, 11) is 0. The Morgan fingerprint density at radius 2 is 1.83 bits per heavy atom. The molecule has 0 aliphatic carbocycles. The van der Waals surface area contributed by atoms with Crippen molar-refractivity contribution in [2.24, 2.45) is 0 Å². The van der Waals surface area contributed by atoms with Gasteiger partial charge in [0.2, 0.25) is 0 Å². The average Bonchev–Trinajstić information content (AvgIpc) is 3.32. The number of ketones is 1. The van der Waals surface area contributed by atoms with E-state index in [0.29, 0.717) is 16.8 Å². The van der Waals surface area contributed by atoms with Crippen molar-refractivity contribution in [3.05, 3.63) is 80.8 Å². The van der Waals surface area contributed by atoms with Crippen molar-refractivity contribution in [3.63, 3.8) is 0 Å². The molecule has 1 aromatic carbocycles. The highest BCUT2D eigenvalue weighted by molar-refractivity contribution is 7.10. The molecule has 150 valence electrons. The van der Waals surface area contributed by atoms with Crippen LogP contribution >= 0.6 is 11.3 Å². The van der Waals surface area contributed by atoms with Crippen LogP contribution in [0, 0.1) is 13.8 Å². The summed E-state index contributed by atoms with van der Waals surface area (Å²) in [5.41, 5.74) is 2.74. The summed E-state index contributed by atoms with van der Waals surface area (Å²) in [6, 6.07) is 13.1. The number of aromatic amines is 1. The maximum absolute atomic E-state index is 12.5. The van der Waals surface area contributed by atoms with Crippen LogP contribution in [0.5, 0.6) is 0 Å². The van der Waals surface area contributed by atoms with Crippen molar-refractivity contribution in [2.75, 3.05) is 6.61 Å². The zero-order chi connectivity index (χ0) is 21.0. The van der Waals surface area contributed by atoms with Gasteiger partial charge in [0.15, 0.2) is 12.4 Å². The Morgan fingerprint density at radius 1 is 1.10 bits per heavy atom. The Hall–Kier alpha value is -3.19. The molecule has 7 heteroatoms. The number of rotatable bonds is 7. The number of esters is 1. The molecule has 6 nitrogen and oxygen atoms in total. The van der Waals surface area contributed by atoms with Crippen LogP contribution in [0.3, 0.4) is 0 Å². The summed E-state index contributed by atoms with van der Waals surface area (Å²) in [5, 5.41) is 4.87. The van der Waals surface area contributed by atoms with E-state index in [4.69, 9.17) is 4.74 Å². The van der Waals surface area contributed by atoms with Crippen LogP contribution in [0.1, 0.15) is 55.5 Å². The standard InChI is InChI=1S/C22H22N2O4S/c1-13-19(15(3)25)14(2)23-20(13)22(27)28-12-18(26)24-21(17-10-7-11-29-17)16-8-5-4-6-9-16/h4-11,21,23H,12H2,1-3H3,(H,24,26)/t21-/m1/s1. The van der Waals surface area contributed by atoms with E-state index in [0.717, 1.165) is 10.4 Å². The quantitative estimate of drug-likeness (QED) is 0.456. The van der Waals surface area contributed by atoms with Gasteiger partial charge in [-0.3, -0.25) is 9.59 Å². The minimum atomic E-state index is -0.666. The lowest BCUT2D eigenvalue weighted by Crippen LogP contribution is -2.32. The number of amides is 1. The number of hydrogen-bond donors (Lipinski definition) is 2. The molecule has 0 spiro atoms. The van der Waals surface area contributed by atoms with Crippen molar-refractivity contribution in [2.45, 2.75) is 26.8 Å². The molecule has 0 saturated carbocycles. The van der Waals surface area contributed by atoms with Gasteiger partial charge in [0, 0.05) is 16.1 Å². The zero-order valence-electron chi connectivity index (χ0n) is 16.4. The summed E-state index contributed by atoms with van der Waals surface area (Å²) in [6.07, 6.45) is 0. The Kier molecular flexibility index (Phi) is 6.29. The molecule has 0 aliphatic rings. The van der Waals surface area contributed by atoms with Gasteiger partial charge in [-0.25, -0.2) is 4.79 Å². The number of thiophene rings is 1. The number of hydrogen-bond acceptors (Lipinski definition) is 5. The number of Topliss-reactive ketones (excluding diaryl/α,β-unsaturated/α-hetero) is 1. The highest BCUT2D eigenvalue weighted by Crippen LogP contribution is 2.26. The second-order valence-corrected chi connectivity index (χ2v) is 7.66. The van der Waals surface area contributed by atoms with Crippen LogP contribution < -0.4 is 5.32 Å². The fraction of sp³-hybridized carbons (Fsp3) is 0.227. The maximum atomic E-state index is 12.5. The summed E-state index contributed by atoms with van der Waals surface area (Å²) >= 11 is 1.54. The van der Waals surface area contributed by atoms with Crippen LogP contribution in [0.15, 0.2) is 47.8 Å². The van der Waals surface area contributed by atoms with Crippen LogP contribution in [0.25, 0.3) is 0 Å².